The van der Waals surface area contributed by atoms with Gasteiger partial charge in [0.05, 0.1) is 11.8 Å². The molecule has 0 aliphatic rings. The molecule has 5 heteroatoms. The van der Waals surface area contributed by atoms with E-state index < -0.39 is 0 Å². The van der Waals surface area contributed by atoms with Crippen molar-refractivity contribution in [1.82, 2.24) is 15.1 Å². The van der Waals surface area contributed by atoms with Crippen LogP contribution in [0.15, 0.2) is 12.4 Å². The third kappa shape index (κ3) is 3.66. The van der Waals surface area contributed by atoms with Crippen LogP contribution in [0.2, 0.25) is 0 Å². The summed E-state index contributed by atoms with van der Waals surface area (Å²) in [7, 11) is 1.78. The molecule has 1 amide bonds. The highest BCUT2D eigenvalue weighted by molar-refractivity contribution is 5.93. The molecule has 0 aliphatic heterocycles. The molecule has 1 rings (SSSR count). The largest absolute Gasteiger partial charge is 0.396 e. The molecule has 16 heavy (non-hydrogen) atoms. The van der Waals surface area contributed by atoms with Gasteiger partial charge in [0.15, 0.2) is 0 Å². The molecule has 0 aromatic carbocycles. The molecule has 0 spiro atoms. The number of hydrogen-bond donors (Lipinski definition) is 2. The number of aromatic nitrogens is 2. The number of carbonyl (C=O) groups is 1. The first kappa shape index (κ1) is 12.7. The van der Waals surface area contributed by atoms with Gasteiger partial charge in [0.25, 0.3) is 5.91 Å². The van der Waals surface area contributed by atoms with Crippen LogP contribution in [0.5, 0.6) is 0 Å². The molecule has 1 heterocycles. The van der Waals surface area contributed by atoms with E-state index in [0.29, 0.717) is 18.0 Å². The molecule has 1 aromatic heterocycles. The highest BCUT2D eigenvalue weighted by Crippen LogP contribution is 2.06. The van der Waals surface area contributed by atoms with E-state index in [9.17, 15) is 4.79 Å². The van der Waals surface area contributed by atoms with E-state index in [1.807, 2.05) is 0 Å². The average molecular weight is 225 g/mol. The van der Waals surface area contributed by atoms with Crippen molar-refractivity contribution in [1.29, 1.82) is 0 Å². The fourth-order valence-electron chi connectivity index (χ4n) is 1.51. The molecule has 1 atom stereocenters. The molecule has 0 aliphatic carbocycles. The lowest BCUT2D eigenvalue weighted by molar-refractivity contribution is 0.0943. The van der Waals surface area contributed by atoms with E-state index in [-0.39, 0.29) is 12.5 Å². The summed E-state index contributed by atoms with van der Waals surface area (Å²) < 4.78 is 1.60. The summed E-state index contributed by atoms with van der Waals surface area (Å²) in [5.41, 5.74) is 0.571. The fourth-order valence-corrected chi connectivity index (χ4v) is 1.51. The molecule has 2 N–H and O–H groups in total. The maximum atomic E-state index is 11.7. The number of aliphatic hydroxyl groups is 1. The van der Waals surface area contributed by atoms with Gasteiger partial charge >= 0.3 is 0 Å². The van der Waals surface area contributed by atoms with Crippen LogP contribution < -0.4 is 5.32 Å². The van der Waals surface area contributed by atoms with Gasteiger partial charge in [-0.3, -0.25) is 9.48 Å². The standard InChI is InChI=1S/C11H19N3O2/c1-3-9(4-5-15)6-12-11(16)10-7-13-14(2)8-10/h7-9,15H,3-6H2,1-2H3,(H,12,16). The van der Waals surface area contributed by atoms with E-state index in [1.165, 1.54) is 0 Å². The summed E-state index contributed by atoms with van der Waals surface area (Å²) in [6.45, 7) is 2.82. The summed E-state index contributed by atoms with van der Waals surface area (Å²) in [4.78, 5) is 11.7. The van der Waals surface area contributed by atoms with Crippen LogP contribution in [-0.2, 0) is 7.05 Å². The Balaban J connectivity index is 2.40. The van der Waals surface area contributed by atoms with Gasteiger partial charge in [-0.05, 0) is 12.3 Å². The van der Waals surface area contributed by atoms with Crippen molar-refractivity contribution in [2.24, 2.45) is 13.0 Å². The second kappa shape index (κ2) is 6.27. The Labute approximate surface area is 95.5 Å². The summed E-state index contributed by atoms with van der Waals surface area (Å²) in [5, 5.41) is 15.6. The third-order valence-electron chi connectivity index (χ3n) is 2.63. The van der Waals surface area contributed by atoms with Gasteiger partial charge in [-0.15, -0.1) is 0 Å². The smallest absolute Gasteiger partial charge is 0.254 e. The van der Waals surface area contributed by atoms with Gasteiger partial charge in [-0.2, -0.15) is 5.10 Å². The van der Waals surface area contributed by atoms with Gasteiger partial charge in [-0.1, -0.05) is 13.3 Å². The number of aryl methyl sites for hydroxylation is 1. The number of rotatable bonds is 6. The minimum atomic E-state index is -0.107. The summed E-state index contributed by atoms with van der Waals surface area (Å²) in [6.07, 6.45) is 4.91. The molecule has 1 aromatic rings. The Morgan fingerprint density at radius 3 is 2.94 bits per heavy atom. The molecule has 0 saturated carbocycles. The van der Waals surface area contributed by atoms with E-state index in [0.717, 1.165) is 12.8 Å². The van der Waals surface area contributed by atoms with Crippen LogP contribution in [0, 0.1) is 5.92 Å². The predicted molar refractivity (Wildman–Crippen MR) is 61.0 cm³/mol. The second-order valence-electron chi connectivity index (χ2n) is 3.90. The van der Waals surface area contributed by atoms with Gasteiger partial charge in [0.2, 0.25) is 0 Å². The maximum Gasteiger partial charge on any atom is 0.254 e. The maximum absolute atomic E-state index is 11.7. The minimum absolute atomic E-state index is 0.107. The zero-order chi connectivity index (χ0) is 12.0. The lowest BCUT2D eigenvalue weighted by atomic mass is 10.0. The van der Waals surface area contributed by atoms with E-state index >= 15 is 0 Å². The molecule has 5 nitrogen and oxygen atoms in total. The minimum Gasteiger partial charge on any atom is -0.396 e. The van der Waals surface area contributed by atoms with Gasteiger partial charge in [-0.25, -0.2) is 0 Å². The van der Waals surface area contributed by atoms with Crippen molar-refractivity contribution in [3.8, 4) is 0 Å². The molecule has 0 bridgehead atoms. The quantitative estimate of drug-likeness (QED) is 0.743. The zero-order valence-corrected chi connectivity index (χ0v) is 9.81. The van der Waals surface area contributed by atoms with Crippen LogP contribution >= 0.6 is 0 Å². The summed E-state index contributed by atoms with van der Waals surface area (Å²) >= 11 is 0. The first-order valence-corrected chi connectivity index (χ1v) is 5.55. The summed E-state index contributed by atoms with van der Waals surface area (Å²) in [5.74, 6) is 0.232. The van der Waals surface area contributed by atoms with Gasteiger partial charge in [0, 0.05) is 26.4 Å². The predicted octanol–water partition coefficient (Wildman–Crippen LogP) is 0.558. The topological polar surface area (TPSA) is 67.2 Å². The Morgan fingerprint density at radius 2 is 2.44 bits per heavy atom. The summed E-state index contributed by atoms with van der Waals surface area (Å²) in [6, 6.07) is 0. The monoisotopic (exact) mass is 225 g/mol. The van der Waals surface area contributed by atoms with Crippen molar-refractivity contribution in [3.05, 3.63) is 18.0 Å². The van der Waals surface area contributed by atoms with Crippen molar-refractivity contribution in [2.75, 3.05) is 13.2 Å². The van der Waals surface area contributed by atoms with Crippen molar-refractivity contribution >= 4 is 5.91 Å². The SMILES string of the molecule is CCC(CCO)CNC(=O)c1cnn(C)c1. The van der Waals surface area contributed by atoms with Crippen LogP contribution in [0.4, 0.5) is 0 Å². The van der Waals surface area contributed by atoms with Crippen LogP contribution in [-0.4, -0.2) is 33.9 Å². The zero-order valence-electron chi connectivity index (χ0n) is 9.81. The van der Waals surface area contributed by atoms with E-state index in [1.54, 1.807) is 24.1 Å². The molecular weight excluding hydrogens is 206 g/mol. The average Bonchev–Trinajstić information content (AvgIpc) is 2.70. The van der Waals surface area contributed by atoms with Crippen LogP contribution in [0.25, 0.3) is 0 Å². The van der Waals surface area contributed by atoms with Crippen LogP contribution in [0.3, 0.4) is 0 Å². The lowest BCUT2D eigenvalue weighted by Gasteiger charge is -2.13. The van der Waals surface area contributed by atoms with Crippen molar-refractivity contribution in [2.45, 2.75) is 19.8 Å². The highest BCUT2D eigenvalue weighted by atomic mass is 16.3. The second-order valence-corrected chi connectivity index (χ2v) is 3.90. The first-order chi connectivity index (χ1) is 7.67. The van der Waals surface area contributed by atoms with E-state index in [4.69, 9.17) is 5.11 Å². The van der Waals surface area contributed by atoms with Crippen LogP contribution in [0.1, 0.15) is 30.1 Å². The fraction of sp³-hybridized carbons (Fsp3) is 0.636. The number of aliphatic hydroxyl groups excluding tert-OH is 1. The number of nitrogens with one attached hydrogen (secondary N) is 1. The van der Waals surface area contributed by atoms with Crippen molar-refractivity contribution in [3.63, 3.8) is 0 Å². The normalized spacial score (nSPS) is 12.4. The molecule has 90 valence electrons. The Morgan fingerprint density at radius 1 is 1.69 bits per heavy atom. The third-order valence-corrected chi connectivity index (χ3v) is 2.63. The van der Waals surface area contributed by atoms with Gasteiger partial charge in [0.1, 0.15) is 0 Å². The number of carbonyl (C=O) groups excluding carboxylic acids is 1. The highest BCUT2D eigenvalue weighted by Gasteiger charge is 2.10. The van der Waals surface area contributed by atoms with E-state index in [2.05, 4.69) is 17.3 Å². The first-order valence-electron chi connectivity index (χ1n) is 5.55. The lowest BCUT2D eigenvalue weighted by Crippen LogP contribution is -2.29. The molecular formula is C11H19N3O2. The van der Waals surface area contributed by atoms with Crippen molar-refractivity contribution < 1.29 is 9.90 Å². The Kier molecular flexibility index (Phi) is 4.98. The Bertz CT molecular complexity index is 336. The van der Waals surface area contributed by atoms with Gasteiger partial charge < -0.3 is 10.4 Å². The molecule has 0 saturated heterocycles. The molecule has 0 radical (unpaired) electrons. The molecule has 0 fully saturated rings. The number of nitrogens with zero attached hydrogens (tertiary/aromatic N) is 2. The number of amides is 1. The molecule has 1 unspecified atom stereocenters. The number of hydrogen-bond acceptors (Lipinski definition) is 3. The Hall–Kier alpha value is -1.36.